The maximum absolute atomic E-state index is 4.94. The summed E-state index contributed by atoms with van der Waals surface area (Å²) in [4.78, 5) is 10.1. The van der Waals surface area contributed by atoms with E-state index in [2.05, 4.69) is 42.7 Å². The largest absolute Gasteiger partial charge is 0.357 e. The van der Waals surface area contributed by atoms with Crippen LogP contribution in [0.3, 0.4) is 0 Å². The first-order valence-electron chi connectivity index (χ1n) is 9.11. The summed E-state index contributed by atoms with van der Waals surface area (Å²) in [5, 5.41) is 0. The number of aromatic nitrogens is 1. The average Bonchev–Trinajstić information content (AvgIpc) is 3.02. The predicted molar refractivity (Wildman–Crippen MR) is 93.4 cm³/mol. The molecule has 0 N–H and O–H groups in total. The van der Waals surface area contributed by atoms with Crippen LogP contribution in [0.15, 0.2) is 12.1 Å². The van der Waals surface area contributed by atoms with E-state index in [1.54, 1.807) is 0 Å². The van der Waals surface area contributed by atoms with Gasteiger partial charge in [0.15, 0.2) is 0 Å². The van der Waals surface area contributed by atoms with Crippen molar-refractivity contribution in [3.05, 3.63) is 23.4 Å². The van der Waals surface area contributed by atoms with Gasteiger partial charge in [-0.3, -0.25) is 4.90 Å². The van der Waals surface area contributed by atoms with Crippen molar-refractivity contribution in [2.75, 3.05) is 31.1 Å². The van der Waals surface area contributed by atoms with E-state index in [0.717, 1.165) is 5.92 Å². The molecule has 2 aliphatic rings. The number of likely N-dealkylation sites (tertiary alicyclic amines) is 1. The first-order chi connectivity index (χ1) is 10.6. The molecule has 0 aromatic carbocycles. The second-order valence-corrected chi connectivity index (χ2v) is 7.44. The van der Waals surface area contributed by atoms with Crippen LogP contribution in [0, 0.1) is 12.8 Å². The molecule has 0 radical (unpaired) electrons. The lowest BCUT2D eigenvalue weighted by Crippen LogP contribution is -2.36. The quantitative estimate of drug-likeness (QED) is 0.832. The minimum Gasteiger partial charge on any atom is -0.357 e. The van der Waals surface area contributed by atoms with Crippen LogP contribution in [0.2, 0.25) is 0 Å². The van der Waals surface area contributed by atoms with Gasteiger partial charge in [0.25, 0.3) is 0 Å². The Kier molecular flexibility index (Phi) is 5.02. The molecule has 2 aliphatic heterocycles. The second-order valence-electron chi connectivity index (χ2n) is 7.44. The van der Waals surface area contributed by atoms with Crippen molar-refractivity contribution < 1.29 is 0 Å². The van der Waals surface area contributed by atoms with Gasteiger partial charge in [-0.05, 0) is 56.7 Å². The van der Waals surface area contributed by atoms with Gasteiger partial charge < -0.3 is 4.90 Å². The van der Waals surface area contributed by atoms with Crippen LogP contribution in [0.4, 0.5) is 5.82 Å². The summed E-state index contributed by atoms with van der Waals surface area (Å²) in [6.45, 7) is 11.7. The molecule has 1 unspecified atom stereocenters. The van der Waals surface area contributed by atoms with Gasteiger partial charge in [0.05, 0.1) is 0 Å². The summed E-state index contributed by atoms with van der Waals surface area (Å²) in [6, 6.07) is 5.20. The molecule has 0 saturated carbocycles. The van der Waals surface area contributed by atoms with Crippen LogP contribution in [0.1, 0.15) is 63.3 Å². The highest BCUT2D eigenvalue weighted by Gasteiger charge is 2.26. The average molecular weight is 301 g/mol. The van der Waals surface area contributed by atoms with Crippen LogP contribution in [-0.4, -0.2) is 36.1 Å². The van der Waals surface area contributed by atoms with E-state index < -0.39 is 0 Å². The number of piperidine rings is 1. The summed E-state index contributed by atoms with van der Waals surface area (Å²) < 4.78 is 0. The van der Waals surface area contributed by atoms with E-state index in [1.807, 2.05) is 0 Å². The molecule has 2 saturated heterocycles. The number of rotatable bonds is 4. The van der Waals surface area contributed by atoms with Gasteiger partial charge in [0.2, 0.25) is 0 Å². The lowest BCUT2D eigenvalue weighted by atomic mass is 9.93. The highest BCUT2D eigenvalue weighted by molar-refractivity contribution is 5.43. The first-order valence-corrected chi connectivity index (χ1v) is 9.11. The maximum atomic E-state index is 4.94. The van der Waals surface area contributed by atoms with Crippen molar-refractivity contribution in [2.24, 2.45) is 5.92 Å². The van der Waals surface area contributed by atoms with Crippen molar-refractivity contribution in [3.8, 4) is 0 Å². The number of hydrogen-bond acceptors (Lipinski definition) is 3. The topological polar surface area (TPSA) is 19.4 Å². The minimum atomic E-state index is 0.580. The van der Waals surface area contributed by atoms with Gasteiger partial charge in [-0.15, -0.1) is 0 Å². The van der Waals surface area contributed by atoms with Gasteiger partial charge >= 0.3 is 0 Å². The summed E-state index contributed by atoms with van der Waals surface area (Å²) in [5.41, 5.74) is 2.70. The monoisotopic (exact) mass is 301 g/mol. The molecular formula is C19H31N3. The third-order valence-corrected chi connectivity index (χ3v) is 5.11. The standard InChI is InChI=1S/C19H31N3/c1-15(2)14-22-13-5-4-8-18(22)17-9-10-19(20-16(17)3)21-11-6-7-12-21/h9-10,15,18H,4-8,11-14H2,1-3H3. The Morgan fingerprint density at radius 3 is 2.50 bits per heavy atom. The van der Waals surface area contributed by atoms with Crippen LogP contribution in [-0.2, 0) is 0 Å². The minimum absolute atomic E-state index is 0.580. The van der Waals surface area contributed by atoms with Crippen molar-refractivity contribution in [1.82, 2.24) is 9.88 Å². The zero-order chi connectivity index (χ0) is 15.5. The van der Waals surface area contributed by atoms with Crippen LogP contribution < -0.4 is 4.90 Å². The van der Waals surface area contributed by atoms with Crippen LogP contribution in [0.25, 0.3) is 0 Å². The summed E-state index contributed by atoms with van der Waals surface area (Å²) >= 11 is 0. The van der Waals surface area contributed by atoms with Crippen LogP contribution in [0.5, 0.6) is 0 Å². The molecule has 0 aliphatic carbocycles. The molecule has 0 spiro atoms. The lowest BCUT2D eigenvalue weighted by Gasteiger charge is -2.37. The number of hydrogen-bond donors (Lipinski definition) is 0. The highest BCUT2D eigenvalue weighted by Crippen LogP contribution is 2.33. The van der Waals surface area contributed by atoms with E-state index in [4.69, 9.17) is 4.98 Å². The van der Waals surface area contributed by atoms with E-state index in [0.29, 0.717) is 6.04 Å². The lowest BCUT2D eigenvalue weighted by molar-refractivity contribution is 0.131. The SMILES string of the molecule is Cc1nc(N2CCCC2)ccc1C1CCCCN1CC(C)C. The molecule has 3 rings (SSSR count). The molecule has 3 nitrogen and oxygen atoms in total. The van der Waals surface area contributed by atoms with Gasteiger partial charge in [0, 0.05) is 31.4 Å². The Morgan fingerprint density at radius 2 is 1.82 bits per heavy atom. The second kappa shape index (κ2) is 6.99. The Hall–Kier alpha value is -1.09. The Bertz CT molecular complexity index is 491. The zero-order valence-electron chi connectivity index (χ0n) is 14.5. The fourth-order valence-electron chi connectivity index (χ4n) is 4.06. The molecule has 22 heavy (non-hydrogen) atoms. The molecule has 3 heterocycles. The third-order valence-electron chi connectivity index (χ3n) is 5.11. The number of pyridine rings is 1. The number of anilines is 1. The molecule has 0 amide bonds. The van der Waals surface area contributed by atoms with Gasteiger partial charge in [-0.1, -0.05) is 26.3 Å². The van der Waals surface area contributed by atoms with Gasteiger partial charge in [-0.25, -0.2) is 4.98 Å². The van der Waals surface area contributed by atoms with E-state index >= 15 is 0 Å². The Morgan fingerprint density at radius 1 is 1.09 bits per heavy atom. The Labute approximate surface area is 135 Å². The first kappa shape index (κ1) is 15.8. The molecule has 1 aromatic rings. The summed E-state index contributed by atoms with van der Waals surface area (Å²) in [5.74, 6) is 1.92. The van der Waals surface area contributed by atoms with E-state index in [1.165, 1.54) is 75.4 Å². The van der Waals surface area contributed by atoms with Gasteiger partial charge in [0.1, 0.15) is 5.82 Å². The summed E-state index contributed by atoms with van der Waals surface area (Å²) in [6.07, 6.45) is 6.62. The van der Waals surface area contributed by atoms with Crippen LogP contribution >= 0.6 is 0 Å². The fourth-order valence-corrected chi connectivity index (χ4v) is 4.06. The van der Waals surface area contributed by atoms with Crippen molar-refractivity contribution in [2.45, 2.75) is 58.9 Å². The normalized spacial score (nSPS) is 23.5. The van der Waals surface area contributed by atoms with Gasteiger partial charge in [-0.2, -0.15) is 0 Å². The molecule has 3 heteroatoms. The molecule has 122 valence electrons. The van der Waals surface area contributed by atoms with Crippen molar-refractivity contribution in [3.63, 3.8) is 0 Å². The molecule has 1 aromatic heterocycles. The highest BCUT2D eigenvalue weighted by atomic mass is 15.2. The third kappa shape index (κ3) is 3.45. The van der Waals surface area contributed by atoms with Crippen molar-refractivity contribution in [1.29, 1.82) is 0 Å². The molecule has 1 atom stereocenters. The fraction of sp³-hybridized carbons (Fsp3) is 0.737. The number of nitrogens with zero attached hydrogens (tertiary/aromatic N) is 3. The number of aryl methyl sites for hydroxylation is 1. The maximum Gasteiger partial charge on any atom is 0.128 e. The van der Waals surface area contributed by atoms with Crippen molar-refractivity contribution >= 4 is 5.82 Å². The predicted octanol–water partition coefficient (Wildman–Crippen LogP) is 4.17. The molecule has 0 bridgehead atoms. The molecule has 2 fully saturated rings. The Balaban J connectivity index is 1.80. The molecular weight excluding hydrogens is 270 g/mol. The van der Waals surface area contributed by atoms with E-state index in [9.17, 15) is 0 Å². The van der Waals surface area contributed by atoms with E-state index in [-0.39, 0.29) is 0 Å². The smallest absolute Gasteiger partial charge is 0.128 e. The zero-order valence-corrected chi connectivity index (χ0v) is 14.5. The summed E-state index contributed by atoms with van der Waals surface area (Å²) in [7, 11) is 0.